The minimum absolute atomic E-state index is 0.181. The van der Waals surface area contributed by atoms with Crippen molar-refractivity contribution in [3.63, 3.8) is 0 Å². The molecule has 1 N–H and O–H groups in total. The van der Waals surface area contributed by atoms with E-state index in [0.29, 0.717) is 12.5 Å². The summed E-state index contributed by atoms with van der Waals surface area (Å²) < 4.78 is 37.8. The molecule has 0 heterocycles. The van der Waals surface area contributed by atoms with Crippen LogP contribution in [-0.4, -0.2) is 44.5 Å². The quantitative estimate of drug-likeness (QED) is 0.791. The van der Waals surface area contributed by atoms with Crippen molar-refractivity contribution in [2.24, 2.45) is 5.92 Å². The lowest BCUT2D eigenvalue weighted by Gasteiger charge is -2.21. The zero-order chi connectivity index (χ0) is 16.8. The molecule has 1 rings (SSSR count). The Morgan fingerprint density at radius 2 is 2.00 bits per heavy atom. The minimum Gasteiger partial charge on any atom is -0.351 e. The fourth-order valence-electron chi connectivity index (χ4n) is 1.87. The fraction of sp³-hybridized carbons (Fsp3) is 0.533. The summed E-state index contributed by atoms with van der Waals surface area (Å²) in [4.78, 5) is 11.8. The summed E-state index contributed by atoms with van der Waals surface area (Å²) >= 11 is 0. The molecule has 0 aliphatic rings. The Morgan fingerprint density at radius 3 is 2.55 bits per heavy atom. The molecule has 0 spiro atoms. The third-order valence-electron chi connectivity index (χ3n) is 3.16. The molecule has 0 unspecified atom stereocenters. The lowest BCUT2D eigenvalue weighted by molar-refractivity contribution is 0.0951. The predicted molar refractivity (Wildman–Crippen MR) is 84.6 cm³/mol. The van der Waals surface area contributed by atoms with Gasteiger partial charge in [0.1, 0.15) is 5.82 Å². The number of carbonyl (C=O) groups excluding carboxylic acids is 1. The zero-order valence-corrected chi connectivity index (χ0v) is 14.0. The second-order valence-electron chi connectivity index (χ2n) is 5.61. The number of benzene rings is 1. The largest absolute Gasteiger partial charge is 0.351 e. The van der Waals surface area contributed by atoms with Crippen molar-refractivity contribution in [1.82, 2.24) is 9.62 Å². The molecule has 0 aliphatic carbocycles. The molecule has 0 atom stereocenters. The van der Waals surface area contributed by atoms with E-state index in [0.717, 1.165) is 18.7 Å². The van der Waals surface area contributed by atoms with Crippen LogP contribution in [0, 0.1) is 11.7 Å². The van der Waals surface area contributed by atoms with E-state index < -0.39 is 21.7 Å². The second kappa shape index (κ2) is 8.24. The highest BCUT2D eigenvalue weighted by Gasteiger charge is 2.17. The molecule has 1 aromatic rings. The first-order valence-corrected chi connectivity index (χ1v) is 9.04. The molecule has 0 saturated carbocycles. The average Bonchev–Trinajstić information content (AvgIpc) is 2.40. The summed E-state index contributed by atoms with van der Waals surface area (Å²) in [6, 6.07) is 5.36. The number of hydrogen-bond donors (Lipinski definition) is 1. The van der Waals surface area contributed by atoms with Crippen molar-refractivity contribution in [1.29, 1.82) is 0 Å². The lowest BCUT2D eigenvalue weighted by atomic mass is 10.1. The minimum atomic E-state index is -3.31. The van der Waals surface area contributed by atoms with E-state index in [4.69, 9.17) is 0 Å². The molecule has 0 aromatic heterocycles. The van der Waals surface area contributed by atoms with Crippen LogP contribution >= 0.6 is 0 Å². The van der Waals surface area contributed by atoms with Gasteiger partial charge in [0, 0.05) is 25.2 Å². The van der Waals surface area contributed by atoms with Crippen molar-refractivity contribution >= 4 is 15.9 Å². The van der Waals surface area contributed by atoms with Gasteiger partial charge in [0.15, 0.2) is 0 Å². The van der Waals surface area contributed by atoms with E-state index in [1.54, 1.807) is 0 Å². The summed E-state index contributed by atoms with van der Waals surface area (Å²) in [7, 11) is -3.31. The Balaban J connectivity index is 2.53. The van der Waals surface area contributed by atoms with Crippen LogP contribution in [0.4, 0.5) is 4.39 Å². The second-order valence-corrected chi connectivity index (χ2v) is 7.59. The van der Waals surface area contributed by atoms with Gasteiger partial charge in [-0.3, -0.25) is 4.79 Å². The molecular formula is C15H23FN2O3S. The highest BCUT2D eigenvalue weighted by atomic mass is 32.2. The molecule has 0 saturated heterocycles. The van der Waals surface area contributed by atoms with Crippen LogP contribution in [0.2, 0.25) is 0 Å². The molecular weight excluding hydrogens is 307 g/mol. The van der Waals surface area contributed by atoms with E-state index >= 15 is 0 Å². The maximum Gasteiger partial charge on any atom is 0.251 e. The van der Waals surface area contributed by atoms with Crippen LogP contribution in [0.1, 0.15) is 30.6 Å². The van der Waals surface area contributed by atoms with Gasteiger partial charge in [-0.1, -0.05) is 19.9 Å². The van der Waals surface area contributed by atoms with E-state index in [9.17, 15) is 17.6 Å². The number of nitrogens with zero attached hydrogens (tertiary/aromatic N) is 1. The maximum atomic E-state index is 13.0. The molecule has 0 aliphatic heterocycles. The molecule has 22 heavy (non-hydrogen) atoms. The molecule has 1 amide bonds. The topological polar surface area (TPSA) is 66.5 Å². The van der Waals surface area contributed by atoms with Crippen molar-refractivity contribution in [3.8, 4) is 0 Å². The van der Waals surface area contributed by atoms with Crippen molar-refractivity contribution in [2.45, 2.75) is 20.3 Å². The number of sulfonamides is 1. The number of rotatable bonds is 8. The average molecular weight is 330 g/mol. The third-order valence-corrected chi connectivity index (χ3v) is 4.46. The van der Waals surface area contributed by atoms with Crippen LogP contribution in [0.15, 0.2) is 24.3 Å². The summed E-state index contributed by atoms with van der Waals surface area (Å²) in [6.07, 6.45) is 1.91. The molecule has 5 nitrogen and oxygen atoms in total. The lowest BCUT2D eigenvalue weighted by Crippen LogP contribution is -2.38. The first kappa shape index (κ1) is 18.6. The number of amides is 1. The Labute approximate surface area is 131 Å². The standard InChI is InChI=1S/C15H23FN2O3S/c1-12(2)7-9-18(22(3,20)21)10-8-17-15(19)13-5-4-6-14(16)11-13/h4-6,11-12H,7-10H2,1-3H3,(H,17,19). The summed E-state index contributed by atoms with van der Waals surface area (Å²) in [5.74, 6) is -0.509. The van der Waals surface area contributed by atoms with Gasteiger partial charge >= 0.3 is 0 Å². The molecule has 0 fully saturated rings. The van der Waals surface area contributed by atoms with E-state index in [2.05, 4.69) is 5.32 Å². The molecule has 1 aromatic carbocycles. The highest BCUT2D eigenvalue weighted by Crippen LogP contribution is 2.06. The molecule has 0 radical (unpaired) electrons. The normalized spacial score (nSPS) is 11.9. The Hall–Kier alpha value is -1.47. The van der Waals surface area contributed by atoms with Crippen LogP contribution in [0.3, 0.4) is 0 Å². The van der Waals surface area contributed by atoms with E-state index in [1.165, 1.54) is 22.5 Å². The number of carbonyl (C=O) groups is 1. The Kier molecular flexibility index (Phi) is 6.96. The smallest absolute Gasteiger partial charge is 0.251 e. The number of halogens is 1. The van der Waals surface area contributed by atoms with Gasteiger partial charge in [-0.05, 0) is 30.5 Å². The van der Waals surface area contributed by atoms with Gasteiger partial charge in [-0.15, -0.1) is 0 Å². The zero-order valence-electron chi connectivity index (χ0n) is 13.2. The maximum absolute atomic E-state index is 13.0. The fourth-order valence-corrected chi connectivity index (χ4v) is 2.73. The highest BCUT2D eigenvalue weighted by molar-refractivity contribution is 7.88. The first-order chi connectivity index (χ1) is 10.2. The van der Waals surface area contributed by atoms with Crippen LogP contribution in [0.5, 0.6) is 0 Å². The summed E-state index contributed by atoms with van der Waals surface area (Å²) in [5.41, 5.74) is 0.216. The number of hydrogen-bond acceptors (Lipinski definition) is 3. The Bertz CT molecular complexity index is 603. The van der Waals surface area contributed by atoms with Gasteiger partial charge in [-0.2, -0.15) is 0 Å². The van der Waals surface area contributed by atoms with Gasteiger partial charge < -0.3 is 5.32 Å². The van der Waals surface area contributed by atoms with Crippen molar-refractivity contribution < 1.29 is 17.6 Å². The predicted octanol–water partition coefficient (Wildman–Crippen LogP) is 1.86. The third kappa shape index (κ3) is 6.53. The van der Waals surface area contributed by atoms with Gasteiger partial charge in [0.2, 0.25) is 10.0 Å². The van der Waals surface area contributed by atoms with Gasteiger partial charge in [0.05, 0.1) is 6.26 Å². The van der Waals surface area contributed by atoms with Crippen LogP contribution in [0.25, 0.3) is 0 Å². The SMILES string of the molecule is CC(C)CCN(CCNC(=O)c1cccc(F)c1)S(C)(=O)=O. The van der Waals surface area contributed by atoms with Gasteiger partial charge in [-0.25, -0.2) is 17.1 Å². The summed E-state index contributed by atoms with van der Waals surface area (Å²) in [6.45, 7) is 4.85. The first-order valence-electron chi connectivity index (χ1n) is 7.19. The van der Waals surface area contributed by atoms with E-state index in [-0.39, 0.29) is 18.7 Å². The summed E-state index contributed by atoms with van der Waals surface area (Å²) in [5, 5.41) is 2.60. The van der Waals surface area contributed by atoms with Crippen molar-refractivity contribution in [2.75, 3.05) is 25.9 Å². The van der Waals surface area contributed by atoms with Crippen LogP contribution in [-0.2, 0) is 10.0 Å². The molecule has 7 heteroatoms. The van der Waals surface area contributed by atoms with Crippen molar-refractivity contribution in [3.05, 3.63) is 35.6 Å². The Morgan fingerprint density at radius 1 is 1.32 bits per heavy atom. The van der Waals surface area contributed by atoms with Crippen LogP contribution < -0.4 is 5.32 Å². The molecule has 0 bridgehead atoms. The number of nitrogens with one attached hydrogen (secondary N) is 1. The monoisotopic (exact) mass is 330 g/mol. The van der Waals surface area contributed by atoms with Gasteiger partial charge in [0.25, 0.3) is 5.91 Å². The van der Waals surface area contributed by atoms with E-state index in [1.807, 2.05) is 13.8 Å². The molecule has 124 valence electrons.